The van der Waals surface area contributed by atoms with Crippen LogP contribution in [0.15, 0.2) is 0 Å². The Morgan fingerprint density at radius 1 is 0.481 bits per heavy atom. The van der Waals surface area contributed by atoms with Crippen molar-refractivity contribution < 1.29 is 28.4 Å². The maximum atomic E-state index is 6.10. The molecule has 0 amide bonds. The summed E-state index contributed by atoms with van der Waals surface area (Å²) in [5.41, 5.74) is 0. The van der Waals surface area contributed by atoms with Gasteiger partial charge >= 0.3 is 0 Å². The lowest BCUT2D eigenvalue weighted by Crippen LogP contribution is -2.39. The summed E-state index contributed by atoms with van der Waals surface area (Å²) in [6, 6.07) is 0. The molecule has 0 aromatic carbocycles. The van der Waals surface area contributed by atoms with E-state index in [1.165, 1.54) is 19.3 Å². The normalized spacial score (nSPS) is 38.8. The fourth-order valence-electron chi connectivity index (χ4n) is 4.35. The van der Waals surface area contributed by atoms with Crippen molar-refractivity contribution in [2.45, 2.75) is 76.3 Å². The van der Waals surface area contributed by atoms with Crippen molar-refractivity contribution in [1.29, 1.82) is 0 Å². The molecule has 1 heterocycles. The lowest BCUT2D eigenvalue weighted by Gasteiger charge is -2.34. The van der Waals surface area contributed by atoms with Gasteiger partial charge in [-0.15, -0.1) is 0 Å². The van der Waals surface area contributed by atoms with Crippen LogP contribution < -0.4 is 0 Å². The Balaban J connectivity index is 1.45. The zero-order chi connectivity index (χ0) is 18.7. The summed E-state index contributed by atoms with van der Waals surface area (Å²) >= 11 is 0. The van der Waals surface area contributed by atoms with Gasteiger partial charge in [-0.2, -0.15) is 0 Å². The lowest BCUT2D eigenvalue weighted by molar-refractivity contribution is -0.132. The molecule has 3 rings (SSSR count). The molecular formula is C21H38O6. The van der Waals surface area contributed by atoms with Gasteiger partial charge in [-0.05, 0) is 38.0 Å². The van der Waals surface area contributed by atoms with E-state index in [0.29, 0.717) is 58.8 Å². The third-order valence-corrected chi connectivity index (χ3v) is 5.87. The molecule has 0 N–H and O–H groups in total. The van der Waals surface area contributed by atoms with Crippen LogP contribution in [0.4, 0.5) is 0 Å². The van der Waals surface area contributed by atoms with Crippen LogP contribution in [-0.4, -0.2) is 77.3 Å². The van der Waals surface area contributed by atoms with Gasteiger partial charge in [0.2, 0.25) is 0 Å². The number of fused-ring (bicyclic) bond motifs is 2. The Morgan fingerprint density at radius 3 is 1.44 bits per heavy atom. The summed E-state index contributed by atoms with van der Waals surface area (Å²) in [6.07, 6.45) is 8.62. The average molecular weight is 387 g/mol. The smallest absolute Gasteiger partial charge is 0.0840 e. The summed E-state index contributed by atoms with van der Waals surface area (Å²) in [4.78, 5) is 0. The van der Waals surface area contributed by atoms with E-state index in [4.69, 9.17) is 28.4 Å². The summed E-state index contributed by atoms with van der Waals surface area (Å²) in [5.74, 6) is 0.693. The molecule has 6 heteroatoms. The second-order valence-electron chi connectivity index (χ2n) is 8.06. The summed E-state index contributed by atoms with van der Waals surface area (Å²) < 4.78 is 35.7. The van der Waals surface area contributed by atoms with Crippen LogP contribution in [0.1, 0.15) is 51.9 Å². The first-order valence-electron chi connectivity index (χ1n) is 10.9. The second kappa shape index (κ2) is 12.3. The van der Waals surface area contributed by atoms with Crippen molar-refractivity contribution in [3.63, 3.8) is 0 Å². The fraction of sp³-hybridized carbons (Fsp3) is 1.00. The van der Waals surface area contributed by atoms with Gasteiger partial charge in [-0.3, -0.25) is 0 Å². The van der Waals surface area contributed by atoms with Gasteiger partial charge in [-0.1, -0.05) is 19.8 Å². The maximum absolute atomic E-state index is 6.10. The molecule has 6 nitrogen and oxygen atoms in total. The standard InChI is InChI=1S/C21H38O6/c1-17-6-7-20-21(16-17)27-15-11-23-9-13-25-19-5-3-2-4-18(19)24-12-8-22-10-14-26-20/h17-21H,2-16H2,1H3. The Labute approximate surface area is 164 Å². The van der Waals surface area contributed by atoms with Crippen LogP contribution in [0.2, 0.25) is 0 Å². The molecule has 27 heavy (non-hydrogen) atoms. The first-order chi connectivity index (χ1) is 13.3. The van der Waals surface area contributed by atoms with Gasteiger partial charge in [0.15, 0.2) is 0 Å². The highest BCUT2D eigenvalue weighted by Crippen LogP contribution is 2.28. The molecule has 0 spiro atoms. The van der Waals surface area contributed by atoms with Crippen LogP contribution in [-0.2, 0) is 28.4 Å². The van der Waals surface area contributed by atoms with Gasteiger partial charge in [0.1, 0.15) is 0 Å². The van der Waals surface area contributed by atoms with E-state index in [1.807, 2.05) is 0 Å². The van der Waals surface area contributed by atoms with Gasteiger partial charge in [0.05, 0.1) is 77.3 Å². The summed E-state index contributed by atoms with van der Waals surface area (Å²) in [5, 5.41) is 0. The highest BCUT2D eigenvalue weighted by molar-refractivity contribution is 4.80. The van der Waals surface area contributed by atoms with Crippen molar-refractivity contribution >= 4 is 0 Å². The molecule has 0 aromatic rings. The number of ether oxygens (including phenoxy) is 6. The van der Waals surface area contributed by atoms with E-state index in [0.717, 1.165) is 25.7 Å². The largest absolute Gasteiger partial charge is 0.377 e. The van der Waals surface area contributed by atoms with Crippen molar-refractivity contribution in [3.05, 3.63) is 0 Å². The zero-order valence-corrected chi connectivity index (χ0v) is 16.9. The van der Waals surface area contributed by atoms with E-state index in [9.17, 15) is 0 Å². The molecule has 3 aliphatic rings. The molecule has 0 radical (unpaired) electrons. The minimum Gasteiger partial charge on any atom is -0.377 e. The topological polar surface area (TPSA) is 55.4 Å². The molecular weight excluding hydrogens is 348 g/mol. The number of hydrogen-bond donors (Lipinski definition) is 0. The SMILES string of the molecule is CC1CCC2OCCOCCOC3CCCCC3OCCOCCOC2C1. The monoisotopic (exact) mass is 386 g/mol. The van der Waals surface area contributed by atoms with Crippen molar-refractivity contribution in [2.75, 3.05) is 52.9 Å². The molecule has 1 aliphatic heterocycles. The fourth-order valence-corrected chi connectivity index (χ4v) is 4.35. The molecule has 158 valence electrons. The molecule has 5 unspecified atom stereocenters. The van der Waals surface area contributed by atoms with Crippen LogP contribution in [0.25, 0.3) is 0 Å². The van der Waals surface area contributed by atoms with Gasteiger partial charge in [0.25, 0.3) is 0 Å². The Kier molecular flexibility index (Phi) is 9.82. The van der Waals surface area contributed by atoms with Crippen molar-refractivity contribution in [2.24, 2.45) is 5.92 Å². The van der Waals surface area contributed by atoms with Gasteiger partial charge in [-0.25, -0.2) is 0 Å². The van der Waals surface area contributed by atoms with E-state index < -0.39 is 0 Å². The van der Waals surface area contributed by atoms with Crippen LogP contribution >= 0.6 is 0 Å². The molecule has 3 fully saturated rings. The highest BCUT2D eigenvalue weighted by atomic mass is 16.6. The van der Waals surface area contributed by atoms with E-state index in [2.05, 4.69) is 6.92 Å². The first kappa shape index (κ1) is 21.5. The first-order valence-corrected chi connectivity index (χ1v) is 10.9. The van der Waals surface area contributed by atoms with E-state index in [-0.39, 0.29) is 24.4 Å². The van der Waals surface area contributed by atoms with E-state index in [1.54, 1.807) is 0 Å². The third kappa shape index (κ3) is 7.59. The van der Waals surface area contributed by atoms with Crippen molar-refractivity contribution in [1.82, 2.24) is 0 Å². The summed E-state index contributed by atoms with van der Waals surface area (Å²) in [7, 11) is 0. The van der Waals surface area contributed by atoms with Gasteiger partial charge in [0, 0.05) is 0 Å². The molecule has 0 bridgehead atoms. The van der Waals surface area contributed by atoms with E-state index >= 15 is 0 Å². The Hall–Kier alpha value is -0.240. The maximum Gasteiger partial charge on any atom is 0.0840 e. The zero-order valence-electron chi connectivity index (χ0n) is 16.9. The highest BCUT2D eigenvalue weighted by Gasteiger charge is 2.30. The third-order valence-electron chi connectivity index (χ3n) is 5.87. The lowest BCUT2D eigenvalue weighted by atomic mass is 9.86. The molecule has 1 saturated heterocycles. The second-order valence-corrected chi connectivity index (χ2v) is 8.06. The molecule has 2 saturated carbocycles. The minimum atomic E-state index is 0.166. The van der Waals surface area contributed by atoms with Crippen LogP contribution in [0, 0.1) is 5.92 Å². The Morgan fingerprint density at radius 2 is 0.926 bits per heavy atom. The molecule has 0 aromatic heterocycles. The average Bonchev–Trinajstić information content (AvgIpc) is 2.68. The summed E-state index contributed by atoms with van der Waals surface area (Å²) in [6.45, 7) is 7.19. The Bertz CT molecular complexity index is 393. The molecule has 5 atom stereocenters. The minimum absolute atomic E-state index is 0.166. The number of rotatable bonds is 0. The predicted octanol–water partition coefficient (Wildman–Crippen LogP) is 2.97. The van der Waals surface area contributed by atoms with Crippen molar-refractivity contribution in [3.8, 4) is 0 Å². The van der Waals surface area contributed by atoms with Crippen LogP contribution in [0.3, 0.4) is 0 Å². The predicted molar refractivity (Wildman–Crippen MR) is 102 cm³/mol. The quantitative estimate of drug-likeness (QED) is 0.638. The van der Waals surface area contributed by atoms with Crippen LogP contribution in [0.5, 0.6) is 0 Å². The number of hydrogen-bond acceptors (Lipinski definition) is 6. The molecule has 2 aliphatic carbocycles. The van der Waals surface area contributed by atoms with Gasteiger partial charge < -0.3 is 28.4 Å².